The molecule has 1 fully saturated rings. The third-order valence-electron chi connectivity index (χ3n) is 4.97. The molecule has 1 unspecified atom stereocenters. The average Bonchev–Trinajstić information content (AvgIpc) is 3.26. The van der Waals surface area contributed by atoms with Gasteiger partial charge in [0.05, 0.1) is 6.04 Å². The minimum atomic E-state index is -0.0697. The summed E-state index contributed by atoms with van der Waals surface area (Å²) in [5, 5.41) is 9.99. The van der Waals surface area contributed by atoms with Gasteiger partial charge in [-0.3, -0.25) is 9.59 Å². The number of thiophene rings is 1. The molecule has 1 atom stereocenters. The highest BCUT2D eigenvalue weighted by Gasteiger charge is 2.27. The van der Waals surface area contributed by atoms with Gasteiger partial charge < -0.3 is 15.5 Å². The standard InChI is InChI=1S/C21H27N3O2S.ClH/c1-2-16-5-7-17(8-6-16)19-14-22-11-12-24(19)20(25)4-3-10-23-21(26)18-9-13-27-15-18;/h5-9,13,15,19,22H,2-4,10-12,14H2,1H3,(H,23,26);1H. The van der Waals surface area contributed by atoms with E-state index in [2.05, 4.69) is 41.8 Å². The molecule has 7 heteroatoms. The van der Waals surface area contributed by atoms with E-state index < -0.39 is 0 Å². The van der Waals surface area contributed by atoms with Gasteiger partial charge in [-0.05, 0) is 35.4 Å². The number of halogens is 1. The van der Waals surface area contributed by atoms with Crippen LogP contribution < -0.4 is 10.6 Å². The fraction of sp³-hybridized carbons (Fsp3) is 0.429. The number of benzene rings is 1. The Hall–Kier alpha value is -1.89. The quantitative estimate of drug-likeness (QED) is 0.673. The van der Waals surface area contributed by atoms with Crippen LogP contribution in [-0.2, 0) is 11.2 Å². The minimum Gasteiger partial charge on any atom is -0.352 e. The molecule has 28 heavy (non-hydrogen) atoms. The summed E-state index contributed by atoms with van der Waals surface area (Å²) >= 11 is 1.50. The molecule has 2 N–H and O–H groups in total. The lowest BCUT2D eigenvalue weighted by molar-refractivity contribution is -0.134. The normalized spacial score (nSPS) is 16.3. The molecule has 0 bridgehead atoms. The number of carbonyl (C=O) groups excluding carboxylic acids is 2. The molecule has 5 nitrogen and oxygen atoms in total. The Kier molecular flexibility index (Phi) is 8.96. The van der Waals surface area contributed by atoms with Crippen molar-refractivity contribution in [1.82, 2.24) is 15.5 Å². The van der Waals surface area contributed by atoms with Crippen molar-refractivity contribution in [2.45, 2.75) is 32.2 Å². The van der Waals surface area contributed by atoms with Gasteiger partial charge in [0, 0.05) is 43.5 Å². The first-order chi connectivity index (χ1) is 13.2. The number of hydrogen-bond donors (Lipinski definition) is 2. The average molecular weight is 422 g/mol. The Balaban J connectivity index is 0.00000280. The molecule has 1 aliphatic rings. The van der Waals surface area contributed by atoms with Crippen molar-refractivity contribution in [2.24, 2.45) is 0 Å². The molecule has 1 saturated heterocycles. The van der Waals surface area contributed by atoms with Crippen LogP contribution in [0.2, 0.25) is 0 Å². The maximum Gasteiger partial charge on any atom is 0.252 e. The molecule has 2 aromatic rings. The van der Waals surface area contributed by atoms with Crippen LogP contribution >= 0.6 is 23.7 Å². The maximum absolute atomic E-state index is 12.8. The zero-order valence-corrected chi connectivity index (χ0v) is 17.8. The lowest BCUT2D eigenvalue weighted by Crippen LogP contribution is -2.48. The lowest BCUT2D eigenvalue weighted by Gasteiger charge is -2.36. The molecule has 152 valence electrons. The highest BCUT2D eigenvalue weighted by Crippen LogP contribution is 2.23. The Morgan fingerprint density at radius 1 is 1.25 bits per heavy atom. The summed E-state index contributed by atoms with van der Waals surface area (Å²) in [6.07, 6.45) is 2.12. The Bertz CT molecular complexity index is 750. The second-order valence-corrected chi connectivity index (χ2v) is 7.55. The second-order valence-electron chi connectivity index (χ2n) is 6.77. The number of nitrogens with one attached hydrogen (secondary N) is 2. The van der Waals surface area contributed by atoms with E-state index in [1.165, 1.54) is 22.5 Å². The summed E-state index contributed by atoms with van der Waals surface area (Å²) < 4.78 is 0. The van der Waals surface area contributed by atoms with Gasteiger partial charge in [0.1, 0.15) is 0 Å². The van der Waals surface area contributed by atoms with Crippen molar-refractivity contribution in [3.63, 3.8) is 0 Å². The van der Waals surface area contributed by atoms with Crippen molar-refractivity contribution in [1.29, 1.82) is 0 Å². The Labute approximate surface area is 176 Å². The van der Waals surface area contributed by atoms with Gasteiger partial charge in [-0.15, -0.1) is 12.4 Å². The minimum absolute atomic E-state index is 0. The van der Waals surface area contributed by atoms with Crippen molar-refractivity contribution in [3.8, 4) is 0 Å². The molecular formula is C21H28ClN3O2S. The van der Waals surface area contributed by atoms with Gasteiger partial charge in [0.25, 0.3) is 5.91 Å². The van der Waals surface area contributed by atoms with E-state index in [1.54, 1.807) is 6.07 Å². The molecule has 1 aliphatic heterocycles. The molecule has 2 amide bonds. The van der Waals surface area contributed by atoms with E-state index in [1.807, 2.05) is 15.7 Å². The first kappa shape index (κ1) is 22.4. The molecule has 2 heterocycles. The predicted octanol–water partition coefficient (Wildman–Crippen LogP) is 3.42. The number of carbonyl (C=O) groups is 2. The first-order valence-corrected chi connectivity index (χ1v) is 10.5. The van der Waals surface area contributed by atoms with E-state index in [-0.39, 0.29) is 30.3 Å². The van der Waals surface area contributed by atoms with Crippen LogP contribution in [0.1, 0.15) is 47.3 Å². The van der Waals surface area contributed by atoms with Gasteiger partial charge in [-0.25, -0.2) is 0 Å². The van der Waals surface area contributed by atoms with Gasteiger partial charge in [-0.2, -0.15) is 11.3 Å². The number of piperazine rings is 1. The first-order valence-electron chi connectivity index (χ1n) is 9.58. The maximum atomic E-state index is 12.8. The van der Waals surface area contributed by atoms with Crippen molar-refractivity contribution < 1.29 is 9.59 Å². The monoisotopic (exact) mass is 421 g/mol. The topological polar surface area (TPSA) is 61.4 Å². The summed E-state index contributed by atoms with van der Waals surface area (Å²) in [5.41, 5.74) is 3.17. The summed E-state index contributed by atoms with van der Waals surface area (Å²) in [5.74, 6) is 0.0885. The number of hydrogen-bond acceptors (Lipinski definition) is 4. The summed E-state index contributed by atoms with van der Waals surface area (Å²) in [7, 11) is 0. The number of rotatable bonds is 7. The molecule has 0 radical (unpaired) electrons. The molecule has 1 aromatic carbocycles. The van der Waals surface area contributed by atoms with E-state index in [0.29, 0.717) is 24.9 Å². The molecule has 1 aromatic heterocycles. The lowest BCUT2D eigenvalue weighted by atomic mass is 10.0. The van der Waals surface area contributed by atoms with E-state index >= 15 is 0 Å². The van der Waals surface area contributed by atoms with Crippen LogP contribution in [0.25, 0.3) is 0 Å². The number of aryl methyl sites for hydroxylation is 1. The smallest absolute Gasteiger partial charge is 0.252 e. The fourth-order valence-corrected chi connectivity index (χ4v) is 3.99. The highest BCUT2D eigenvalue weighted by molar-refractivity contribution is 7.08. The van der Waals surface area contributed by atoms with E-state index in [4.69, 9.17) is 0 Å². The number of nitrogens with zero attached hydrogens (tertiary/aromatic N) is 1. The third kappa shape index (κ3) is 5.80. The third-order valence-corrected chi connectivity index (χ3v) is 5.66. The summed E-state index contributed by atoms with van der Waals surface area (Å²) in [4.78, 5) is 26.7. The zero-order valence-electron chi connectivity index (χ0n) is 16.1. The van der Waals surface area contributed by atoms with Crippen molar-refractivity contribution in [3.05, 3.63) is 57.8 Å². The van der Waals surface area contributed by atoms with Crippen LogP contribution in [0.5, 0.6) is 0 Å². The van der Waals surface area contributed by atoms with Crippen LogP contribution in [0.3, 0.4) is 0 Å². The SMILES string of the molecule is CCc1ccc(C2CNCCN2C(=O)CCCNC(=O)c2ccsc2)cc1.Cl. The van der Waals surface area contributed by atoms with E-state index in [0.717, 1.165) is 26.1 Å². The van der Waals surface area contributed by atoms with Gasteiger partial charge in [0.15, 0.2) is 0 Å². The second kappa shape index (κ2) is 11.2. The predicted molar refractivity (Wildman–Crippen MR) is 116 cm³/mol. The van der Waals surface area contributed by atoms with Crippen LogP contribution in [0, 0.1) is 0 Å². The molecule has 0 spiro atoms. The molecule has 3 rings (SSSR count). The van der Waals surface area contributed by atoms with Crippen LogP contribution in [-0.4, -0.2) is 42.9 Å². The Morgan fingerprint density at radius 2 is 2.04 bits per heavy atom. The van der Waals surface area contributed by atoms with Gasteiger partial charge >= 0.3 is 0 Å². The summed E-state index contributed by atoms with van der Waals surface area (Å²) in [6.45, 7) is 4.99. The number of amides is 2. The zero-order chi connectivity index (χ0) is 19.1. The van der Waals surface area contributed by atoms with Crippen LogP contribution in [0.15, 0.2) is 41.1 Å². The van der Waals surface area contributed by atoms with Crippen molar-refractivity contribution >= 4 is 35.6 Å². The Morgan fingerprint density at radius 3 is 2.71 bits per heavy atom. The molecule has 0 aliphatic carbocycles. The van der Waals surface area contributed by atoms with Crippen molar-refractivity contribution in [2.75, 3.05) is 26.2 Å². The fourth-order valence-electron chi connectivity index (χ4n) is 3.36. The largest absolute Gasteiger partial charge is 0.352 e. The van der Waals surface area contributed by atoms with E-state index in [9.17, 15) is 9.59 Å². The molecule has 0 saturated carbocycles. The highest BCUT2D eigenvalue weighted by atomic mass is 35.5. The molecular weight excluding hydrogens is 394 g/mol. The van der Waals surface area contributed by atoms with Gasteiger partial charge in [0.2, 0.25) is 5.91 Å². The van der Waals surface area contributed by atoms with Gasteiger partial charge in [-0.1, -0.05) is 31.2 Å². The summed E-state index contributed by atoms with van der Waals surface area (Å²) in [6, 6.07) is 10.5. The van der Waals surface area contributed by atoms with Crippen LogP contribution in [0.4, 0.5) is 0 Å².